The number of carbonyl (C=O) groups excluding carboxylic acids is 1. The van der Waals surface area contributed by atoms with E-state index in [9.17, 15) is 13.2 Å². The first-order chi connectivity index (χ1) is 10.7. The molecule has 1 amide bonds. The van der Waals surface area contributed by atoms with Crippen LogP contribution in [0.3, 0.4) is 0 Å². The Balaban J connectivity index is 1.67. The molecule has 0 radical (unpaired) electrons. The van der Waals surface area contributed by atoms with E-state index in [-0.39, 0.29) is 23.9 Å². The summed E-state index contributed by atoms with van der Waals surface area (Å²) in [5.74, 6) is 2.39. The molecule has 4 aliphatic carbocycles. The third kappa shape index (κ3) is 3.43. The number of likely N-dealkylation sites (N-methyl/N-ethyl adjacent to an activating group) is 1. The summed E-state index contributed by atoms with van der Waals surface area (Å²) in [5, 5.41) is 3.18. The largest absolute Gasteiger partial charge is 0.352 e. The normalized spacial score (nSPS) is 37.1. The quantitative estimate of drug-likeness (QED) is 0.803. The van der Waals surface area contributed by atoms with Crippen LogP contribution in [0.4, 0.5) is 0 Å². The molecule has 0 aliphatic heterocycles. The van der Waals surface area contributed by atoms with Crippen molar-refractivity contribution < 1.29 is 13.2 Å². The van der Waals surface area contributed by atoms with Crippen molar-refractivity contribution in [2.75, 3.05) is 19.8 Å². The smallest absolute Gasteiger partial charge is 0.235 e. The molecule has 0 aromatic rings. The summed E-state index contributed by atoms with van der Waals surface area (Å²) in [4.78, 5) is 12.3. The minimum Gasteiger partial charge on any atom is -0.352 e. The second-order valence-electron chi connectivity index (χ2n) is 8.33. The van der Waals surface area contributed by atoms with Gasteiger partial charge in [-0.2, -0.15) is 4.31 Å². The van der Waals surface area contributed by atoms with Crippen molar-refractivity contribution >= 4 is 15.9 Å². The molecule has 0 aromatic carbocycles. The van der Waals surface area contributed by atoms with Gasteiger partial charge in [-0.05, 0) is 68.1 Å². The van der Waals surface area contributed by atoms with Gasteiger partial charge in [0.2, 0.25) is 15.9 Å². The monoisotopic (exact) mass is 342 g/mol. The second kappa shape index (κ2) is 6.03. The van der Waals surface area contributed by atoms with Gasteiger partial charge in [-0.25, -0.2) is 8.42 Å². The van der Waals surface area contributed by atoms with E-state index in [1.807, 2.05) is 0 Å². The molecule has 23 heavy (non-hydrogen) atoms. The molecule has 0 unspecified atom stereocenters. The predicted molar refractivity (Wildman–Crippen MR) is 90.3 cm³/mol. The molecule has 0 aromatic heterocycles. The number of nitrogens with one attached hydrogen (secondary N) is 1. The first-order valence-electron chi connectivity index (χ1n) is 8.92. The van der Waals surface area contributed by atoms with E-state index in [1.54, 1.807) is 0 Å². The van der Waals surface area contributed by atoms with Gasteiger partial charge in [0, 0.05) is 13.1 Å². The molecule has 4 aliphatic rings. The average Bonchev–Trinajstić information content (AvgIpc) is 2.42. The van der Waals surface area contributed by atoms with E-state index >= 15 is 0 Å². The van der Waals surface area contributed by atoms with Crippen LogP contribution in [-0.4, -0.2) is 44.5 Å². The summed E-state index contributed by atoms with van der Waals surface area (Å²) in [6.45, 7) is 2.06. The van der Waals surface area contributed by atoms with Crippen LogP contribution in [0.15, 0.2) is 0 Å². The highest BCUT2D eigenvalue weighted by molar-refractivity contribution is 7.88. The van der Waals surface area contributed by atoms with Crippen molar-refractivity contribution in [1.82, 2.24) is 9.62 Å². The molecule has 1 atom stereocenters. The van der Waals surface area contributed by atoms with Gasteiger partial charge in [-0.1, -0.05) is 6.92 Å². The van der Waals surface area contributed by atoms with Gasteiger partial charge in [0.05, 0.1) is 12.8 Å². The first-order valence-corrected chi connectivity index (χ1v) is 10.8. The van der Waals surface area contributed by atoms with Crippen LogP contribution < -0.4 is 5.32 Å². The average molecular weight is 343 g/mol. The van der Waals surface area contributed by atoms with Crippen LogP contribution in [0.1, 0.15) is 51.9 Å². The molecular formula is C17H30N2O3S. The summed E-state index contributed by atoms with van der Waals surface area (Å²) in [7, 11) is -1.85. The van der Waals surface area contributed by atoms with Crippen molar-refractivity contribution in [1.29, 1.82) is 0 Å². The molecule has 0 heterocycles. The summed E-state index contributed by atoms with van der Waals surface area (Å²) in [5.41, 5.74) is 0.267. The third-order valence-electron chi connectivity index (χ3n) is 6.50. The number of amides is 1. The van der Waals surface area contributed by atoms with Crippen molar-refractivity contribution in [2.45, 2.75) is 57.9 Å². The highest BCUT2D eigenvalue weighted by Crippen LogP contribution is 2.61. The van der Waals surface area contributed by atoms with Crippen LogP contribution in [0, 0.1) is 23.2 Å². The Hall–Kier alpha value is -0.620. The Morgan fingerprint density at radius 2 is 1.65 bits per heavy atom. The molecule has 4 fully saturated rings. The molecule has 0 spiro atoms. The fourth-order valence-corrected chi connectivity index (χ4v) is 6.20. The Morgan fingerprint density at radius 1 is 1.17 bits per heavy atom. The highest BCUT2D eigenvalue weighted by atomic mass is 32.2. The van der Waals surface area contributed by atoms with Crippen molar-refractivity contribution in [3.63, 3.8) is 0 Å². The van der Waals surface area contributed by atoms with E-state index in [1.165, 1.54) is 45.6 Å². The van der Waals surface area contributed by atoms with Crippen LogP contribution in [0.25, 0.3) is 0 Å². The van der Waals surface area contributed by atoms with Gasteiger partial charge >= 0.3 is 0 Å². The minimum atomic E-state index is -3.31. The fraction of sp³-hybridized carbons (Fsp3) is 0.941. The zero-order valence-electron chi connectivity index (χ0n) is 14.5. The first kappa shape index (κ1) is 17.2. The Kier molecular flexibility index (Phi) is 4.51. The number of sulfonamides is 1. The van der Waals surface area contributed by atoms with Gasteiger partial charge in [-0.15, -0.1) is 0 Å². The summed E-state index contributed by atoms with van der Waals surface area (Å²) in [6, 6.07) is 0.191. The van der Waals surface area contributed by atoms with Crippen LogP contribution in [0.5, 0.6) is 0 Å². The molecule has 4 bridgehead atoms. The molecule has 5 nitrogen and oxygen atoms in total. The highest BCUT2D eigenvalue weighted by Gasteiger charge is 2.54. The lowest BCUT2D eigenvalue weighted by Gasteiger charge is -2.59. The number of rotatable bonds is 6. The number of nitrogens with zero attached hydrogens (tertiary/aromatic N) is 1. The summed E-state index contributed by atoms with van der Waals surface area (Å²) in [6.07, 6.45) is 9.98. The third-order valence-corrected chi connectivity index (χ3v) is 7.76. The van der Waals surface area contributed by atoms with Gasteiger partial charge in [0.15, 0.2) is 0 Å². The van der Waals surface area contributed by atoms with Crippen LogP contribution in [-0.2, 0) is 14.8 Å². The molecule has 4 saturated carbocycles. The molecule has 4 rings (SSSR count). The van der Waals surface area contributed by atoms with E-state index in [0.717, 1.165) is 34.7 Å². The number of hydrogen-bond donors (Lipinski definition) is 1. The second-order valence-corrected chi connectivity index (χ2v) is 10.4. The summed E-state index contributed by atoms with van der Waals surface area (Å²) >= 11 is 0. The van der Waals surface area contributed by atoms with Gasteiger partial charge in [0.1, 0.15) is 0 Å². The topological polar surface area (TPSA) is 66.5 Å². The molecule has 1 N–H and O–H groups in total. The van der Waals surface area contributed by atoms with E-state index in [0.29, 0.717) is 0 Å². The van der Waals surface area contributed by atoms with Crippen molar-refractivity contribution in [2.24, 2.45) is 23.2 Å². The molecule has 0 saturated heterocycles. The summed E-state index contributed by atoms with van der Waals surface area (Å²) < 4.78 is 24.1. The maximum atomic E-state index is 12.3. The lowest BCUT2D eigenvalue weighted by molar-refractivity contribution is -0.126. The fourth-order valence-electron chi connectivity index (χ4n) is 5.85. The lowest BCUT2D eigenvalue weighted by atomic mass is 9.47. The van der Waals surface area contributed by atoms with Gasteiger partial charge in [-0.3, -0.25) is 4.79 Å². The maximum absolute atomic E-state index is 12.3. The standard InChI is InChI=1S/C17H30N2O3S/c1-4-15(18-16(20)11-19(2)23(3,21)22)17-8-12-5-13(9-17)7-14(6-12)10-17/h12-15H,4-11H2,1-3H3,(H,18,20)/t12?,13?,14?,15-,17?/m1/s1. The van der Waals surface area contributed by atoms with Crippen LogP contribution >= 0.6 is 0 Å². The van der Waals surface area contributed by atoms with Gasteiger partial charge in [0.25, 0.3) is 0 Å². The maximum Gasteiger partial charge on any atom is 0.235 e. The zero-order valence-corrected chi connectivity index (χ0v) is 15.4. The van der Waals surface area contributed by atoms with Crippen LogP contribution in [0.2, 0.25) is 0 Å². The zero-order chi connectivity index (χ0) is 16.8. The SMILES string of the molecule is CC[C@@H](NC(=O)CN(C)S(C)(=O)=O)C12CC3CC(CC(C3)C1)C2. The Morgan fingerprint density at radius 3 is 2.04 bits per heavy atom. The van der Waals surface area contributed by atoms with Crippen molar-refractivity contribution in [3.8, 4) is 0 Å². The molecule has 6 heteroatoms. The Labute approximate surface area is 140 Å². The number of carbonyl (C=O) groups is 1. The molecular weight excluding hydrogens is 312 g/mol. The Bertz CT molecular complexity index is 537. The minimum absolute atomic E-state index is 0.0816. The lowest BCUT2D eigenvalue weighted by Crippen LogP contribution is -2.57. The van der Waals surface area contributed by atoms with Gasteiger partial charge < -0.3 is 5.32 Å². The van der Waals surface area contributed by atoms with E-state index in [4.69, 9.17) is 0 Å². The van der Waals surface area contributed by atoms with Crippen molar-refractivity contribution in [3.05, 3.63) is 0 Å². The molecule has 132 valence electrons. The number of hydrogen-bond acceptors (Lipinski definition) is 3. The van der Waals surface area contributed by atoms with E-state index in [2.05, 4.69) is 12.2 Å². The van der Waals surface area contributed by atoms with E-state index < -0.39 is 10.0 Å². The predicted octanol–water partition coefficient (Wildman–Crippen LogP) is 1.99.